The molecular formula is C22H26ClN3O. The molecule has 0 spiro atoms. The Morgan fingerprint density at radius 2 is 1.85 bits per heavy atom. The Labute approximate surface area is 165 Å². The minimum atomic E-state index is -0.00582. The van der Waals surface area contributed by atoms with Crippen LogP contribution in [0.3, 0.4) is 0 Å². The van der Waals surface area contributed by atoms with E-state index in [4.69, 9.17) is 11.6 Å². The predicted molar refractivity (Wildman–Crippen MR) is 112 cm³/mol. The summed E-state index contributed by atoms with van der Waals surface area (Å²) in [5.74, 6) is 0.349. The van der Waals surface area contributed by atoms with Crippen LogP contribution in [0.15, 0.2) is 47.5 Å². The number of nitrogens with zero attached hydrogens (tertiary/aromatic N) is 3. The number of benzene rings is 1. The van der Waals surface area contributed by atoms with Crippen LogP contribution in [0.2, 0.25) is 5.02 Å². The molecule has 142 valence electrons. The molecule has 0 aliphatic heterocycles. The average molecular weight is 384 g/mol. The van der Waals surface area contributed by atoms with Crippen LogP contribution in [-0.4, -0.2) is 14.3 Å². The maximum Gasteiger partial charge on any atom is 0.251 e. The fourth-order valence-electron chi connectivity index (χ4n) is 3.53. The molecule has 1 atom stereocenters. The zero-order valence-corrected chi connectivity index (χ0v) is 17.3. The smallest absolute Gasteiger partial charge is 0.251 e. The van der Waals surface area contributed by atoms with Crippen LogP contribution in [-0.2, 0) is 13.5 Å². The first kappa shape index (κ1) is 19.4. The van der Waals surface area contributed by atoms with Gasteiger partial charge in [0.25, 0.3) is 5.56 Å². The summed E-state index contributed by atoms with van der Waals surface area (Å²) in [7, 11) is 1.90. The summed E-state index contributed by atoms with van der Waals surface area (Å²) in [5, 5.41) is 5.10. The van der Waals surface area contributed by atoms with Crippen molar-refractivity contribution in [1.29, 1.82) is 0 Å². The highest BCUT2D eigenvalue weighted by molar-refractivity contribution is 6.30. The summed E-state index contributed by atoms with van der Waals surface area (Å²) in [6.07, 6.45) is 4.59. The van der Waals surface area contributed by atoms with Gasteiger partial charge >= 0.3 is 0 Å². The van der Waals surface area contributed by atoms with Crippen molar-refractivity contribution in [3.8, 4) is 11.1 Å². The molecule has 0 N–H and O–H groups in total. The van der Waals surface area contributed by atoms with E-state index in [-0.39, 0.29) is 11.6 Å². The van der Waals surface area contributed by atoms with Crippen molar-refractivity contribution >= 4 is 11.6 Å². The molecular weight excluding hydrogens is 358 g/mol. The van der Waals surface area contributed by atoms with Crippen LogP contribution in [0, 0.1) is 6.92 Å². The molecule has 27 heavy (non-hydrogen) atoms. The number of aryl methyl sites for hydroxylation is 2. The summed E-state index contributed by atoms with van der Waals surface area (Å²) in [5.41, 5.74) is 5.22. The number of pyridine rings is 1. The molecule has 0 aliphatic rings. The minimum Gasteiger partial charge on any atom is -0.312 e. The molecule has 0 aliphatic carbocycles. The van der Waals surface area contributed by atoms with Crippen molar-refractivity contribution in [3.05, 3.63) is 74.9 Å². The second-order valence-electron chi connectivity index (χ2n) is 7.54. The van der Waals surface area contributed by atoms with Gasteiger partial charge < -0.3 is 4.57 Å². The summed E-state index contributed by atoms with van der Waals surface area (Å²) in [6.45, 7) is 8.40. The molecule has 1 unspecified atom stereocenters. The largest absolute Gasteiger partial charge is 0.312 e. The fraction of sp³-hybridized carbons (Fsp3) is 0.364. The maximum absolute atomic E-state index is 12.9. The third-order valence-electron chi connectivity index (χ3n) is 4.96. The summed E-state index contributed by atoms with van der Waals surface area (Å²) in [6, 6.07) is 9.68. The maximum atomic E-state index is 12.9. The van der Waals surface area contributed by atoms with Crippen molar-refractivity contribution in [3.63, 3.8) is 0 Å². The molecule has 3 aromatic rings. The van der Waals surface area contributed by atoms with Crippen LogP contribution in [0.4, 0.5) is 0 Å². The molecule has 0 fully saturated rings. The highest BCUT2D eigenvalue weighted by atomic mass is 35.5. The van der Waals surface area contributed by atoms with E-state index >= 15 is 0 Å². The molecule has 0 bridgehead atoms. The molecule has 0 saturated carbocycles. The fourth-order valence-corrected chi connectivity index (χ4v) is 3.70. The number of rotatable bonds is 5. The van der Waals surface area contributed by atoms with E-state index in [1.165, 1.54) is 5.56 Å². The van der Waals surface area contributed by atoms with Gasteiger partial charge in [0.15, 0.2) is 0 Å². The molecule has 0 amide bonds. The molecule has 3 rings (SSSR count). The van der Waals surface area contributed by atoms with Crippen LogP contribution in [0.1, 0.15) is 49.6 Å². The number of aromatic nitrogens is 3. The third-order valence-corrected chi connectivity index (χ3v) is 5.19. The van der Waals surface area contributed by atoms with Crippen LogP contribution < -0.4 is 5.56 Å². The molecule has 0 radical (unpaired) electrons. The van der Waals surface area contributed by atoms with Gasteiger partial charge in [0, 0.05) is 43.0 Å². The highest BCUT2D eigenvalue weighted by Crippen LogP contribution is 2.33. The predicted octanol–water partition coefficient (Wildman–Crippen LogP) is 5.14. The minimum absolute atomic E-state index is 0.00582. The first-order valence-corrected chi connectivity index (χ1v) is 9.65. The molecule has 1 aromatic carbocycles. The zero-order chi connectivity index (χ0) is 19.7. The van der Waals surface area contributed by atoms with Crippen molar-refractivity contribution in [2.45, 2.75) is 46.1 Å². The van der Waals surface area contributed by atoms with E-state index in [1.54, 1.807) is 15.3 Å². The molecule has 5 heteroatoms. The Kier molecular flexibility index (Phi) is 5.56. The summed E-state index contributed by atoms with van der Waals surface area (Å²) in [4.78, 5) is 12.9. The van der Waals surface area contributed by atoms with E-state index in [9.17, 15) is 4.79 Å². The lowest BCUT2D eigenvalue weighted by molar-refractivity contribution is 0.516. The number of hydrogen-bond donors (Lipinski definition) is 0. The molecule has 2 heterocycles. The van der Waals surface area contributed by atoms with Gasteiger partial charge in [-0.05, 0) is 60.2 Å². The van der Waals surface area contributed by atoms with Gasteiger partial charge in [0.05, 0.1) is 5.69 Å². The van der Waals surface area contributed by atoms with Gasteiger partial charge in [-0.2, -0.15) is 5.10 Å². The Bertz CT molecular complexity index is 1020. The topological polar surface area (TPSA) is 39.8 Å². The van der Waals surface area contributed by atoms with E-state index in [0.29, 0.717) is 17.4 Å². The first-order chi connectivity index (χ1) is 12.8. The SMILES string of the molecule is Cc1cn(C(C)Cc2ccn(C)n2)c(=O)cc1-c1cc(Cl)ccc1C(C)C. The van der Waals surface area contributed by atoms with Crippen LogP contribution >= 0.6 is 11.6 Å². The van der Waals surface area contributed by atoms with Crippen molar-refractivity contribution in [2.24, 2.45) is 7.05 Å². The van der Waals surface area contributed by atoms with E-state index in [2.05, 4.69) is 25.0 Å². The normalized spacial score (nSPS) is 12.6. The van der Waals surface area contributed by atoms with Gasteiger partial charge in [-0.1, -0.05) is 31.5 Å². The summed E-state index contributed by atoms with van der Waals surface area (Å²) >= 11 is 6.25. The zero-order valence-electron chi connectivity index (χ0n) is 16.5. The van der Waals surface area contributed by atoms with Crippen molar-refractivity contribution in [2.75, 3.05) is 0 Å². The molecule has 0 saturated heterocycles. The lowest BCUT2D eigenvalue weighted by Gasteiger charge is -2.19. The van der Waals surface area contributed by atoms with Gasteiger partial charge in [0.2, 0.25) is 0 Å². The molecule has 2 aromatic heterocycles. The molecule has 4 nitrogen and oxygen atoms in total. The van der Waals surface area contributed by atoms with Gasteiger partial charge in [0.1, 0.15) is 0 Å². The number of halogens is 1. The van der Waals surface area contributed by atoms with Crippen molar-refractivity contribution in [1.82, 2.24) is 14.3 Å². The number of hydrogen-bond acceptors (Lipinski definition) is 2. The Morgan fingerprint density at radius 1 is 1.11 bits per heavy atom. The lowest BCUT2D eigenvalue weighted by atomic mass is 9.91. The van der Waals surface area contributed by atoms with E-state index < -0.39 is 0 Å². The highest BCUT2D eigenvalue weighted by Gasteiger charge is 2.16. The standard InChI is InChI=1S/C22H26ClN3O/c1-14(2)19-7-6-17(23)11-21(19)20-12-22(27)26(13-15(20)3)16(4)10-18-8-9-25(5)24-18/h6-9,11-14,16H,10H2,1-5H3. The summed E-state index contributed by atoms with van der Waals surface area (Å²) < 4.78 is 3.58. The quantitative estimate of drug-likeness (QED) is 0.612. The second-order valence-corrected chi connectivity index (χ2v) is 7.97. The first-order valence-electron chi connectivity index (χ1n) is 9.27. The van der Waals surface area contributed by atoms with E-state index in [1.807, 2.05) is 51.5 Å². The Morgan fingerprint density at radius 3 is 2.48 bits per heavy atom. The lowest BCUT2D eigenvalue weighted by Crippen LogP contribution is -2.24. The van der Waals surface area contributed by atoms with Crippen molar-refractivity contribution < 1.29 is 0 Å². The monoisotopic (exact) mass is 383 g/mol. The van der Waals surface area contributed by atoms with Gasteiger partial charge in [-0.25, -0.2) is 0 Å². The van der Waals surface area contributed by atoms with Gasteiger partial charge in [-0.3, -0.25) is 9.48 Å². The third kappa shape index (κ3) is 4.16. The average Bonchev–Trinajstić information content (AvgIpc) is 3.00. The Balaban J connectivity index is 2.01. The van der Waals surface area contributed by atoms with E-state index in [0.717, 1.165) is 22.4 Å². The second kappa shape index (κ2) is 7.73. The van der Waals surface area contributed by atoms with Gasteiger partial charge in [-0.15, -0.1) is 0 Å². The Hall–Kier alpha value is -2.33. The van der Waals surface area contributed by atoms with Crippen LogP contribution in [0.5, 0.6) is 0 Å². The van der Waals surface area contributed by atoms with Crippen LogP contribution in [0.25, 0.3) is 11.1 Å².